The van der Waals surface area contributed by atoms with E-state index in [9.17, 15) is 14.0 Å². The Bertz CT molecular complexity index is 1100. The topological polar surface area (TPSA) is 52.7 Å². The molecule has 1 atom stereocenters. The van der Waals surface area contributed by atoms with Crippen molar-refractivity contribution in [1.29, 1.82) is 0 Å². The van der Waals surface area contributed by atoms with Crippen LogP contribution in [-0.4, -0.2) is 47.8 Å². The molecule has 1 heterocycles. The highest BCUT2D eigenvalue weighted by Crippen LogP contribution is 2.24. The monoisotopic (exact) mass is 465 g/mol. The minimum atomic E-state index is -0.551. The third kappa shape index (κ3) is 5.59. The molecule has 3 aromatic carbocycles. The van der Waals surface area contributed by atoms with Crippen LogP contribution in [0.3, 0.4) is 0 Å². The van der Waals surface area contributed by atoms with Crippen molar-refractivity contribution < 1.29 is 14.0 Å². The number of nitrogens with one attached hydrogen (secondary N) is 1. The van der Waals surface area contributed by atoms with E-state index in [4.69, 9.17) is 11.6 Å². The van der Waals surface area contributed by atoms with Gasteiger partial charge in [-0.15, -0.1) is 0 Å². The summed E-state index contributed by atoms with van der Waals surface area (Å²) in [5.74, 6) is -0.818. The van der Waals surface area contributed by atoms with Crippen molar-refractivity contribution in [3.8, 4) is 0 Å². The summed E-state index contributed by atoms with van der Waals surface area (Å²) in [6.45, 7) is 2.46. The van der Waals surface area contributed by atoms with E-state index in [1.807, 2.05) is 60.7 Å². The maximum Gasteiger partial charge on any atom is 0.253 e. The van der Waals surface area contributed by atoms with Gasteiger partial charge in [-0.05, 0) is 29.3 Å². The summed E-state index contributed by atoms with van der Waals surface area (Å²) < 4.78 is 13.5. The minimum absolute atomic E-state index is 0.0706. The molecular formula is C26H25ClFN3O2. The number of piperazine rings is 1. The first-order valence-electron chi connectivity index (χ1n) is 10.9. The molecular weight excluding hydrogens is 441 g/mol. The molecule has 0 spiro atoms. The van der Waals surface area contributed by atoms with Crippen molar-refractivity contribution in [3.63, 3.8) is 0 Å². The zero-order chi connectivity index (χ0) is 23.2. The van der Waals surface area contributed by atoms with Crippen molar-refractivity contribution in [1.82, 2.24) is 15.1 Å². The molecule has 1 fully saturated rings. The molecule has 7 heteroatoms. The van der Waals surface area contributed by atoms with Gasteiger partial charge < -0.3 is 10.2 Å². The van der Waals surface area contributed by atoms with Gasteiger partial charge in [0.15, 0.2) is 0 Å². The van der Waals surface area contributed by atoms with Gasteiger partial charge in [0.2, 0.25) is 5.91 Å². The Morgan fingerprint density at radius 3 is 2.18 bits per heavy atom. The number of halogens is 2. The quantitative estimate of drug-likeness (QED) is 0.590. The van der Waals surface area contributed by atoms with E-state index in [0.29, 0.717) is 38.3 Å². The molecule has 0 aromatic heterocycles. The molecule has 0 aliphatic carbocycles. The van der Waals surface area contributed by atoms with Crippen LogP contribution in [0.15, 0.2) is 78.9 Å². The number of hydrogen-bond donors (Lipinski definition) is 1. The number of nitrogens with zero attached hydrogens (tertiary/aromatic N) is 2. The Hall–Kier alpha value is -3.22. The average molecular weight is 466 g/mol. The lowest BCUT2D eigenvalue weighted by molar-refractivity contribution is -0.127. The van der Waals surface area contributed by atoms with Crippen LogP contribution in [0.2, 0.25) is 5.02 Å². The largest absolute Gasteiger partial charge is 0.350 e. The van der Waals surface area contributed by atoms with Crippen molar-refractivity contribution in [2.24, 2.45) is 0 Å². The van der Waals surface area contributed by atoms with Gasteiger partial charge in [0.25, 0.3) is 5.91 Å². The average Bonchev–Trinajstić information content (AvgIpc) is 2.86. The predicted molar refractivity (Wildman–Crippen MR) is 126 cm³/mol. The Kier molecular flexibility index (Phi) is 7.37. The van der Waals surface area contributed by atoms with E-state index in [1.54, 1.807) is 4.90 Å². The fourth-order valence-corrected chi connectivity index (χ4v) is 4.22. The predicted octanol–water partition coefficient (Wildman–Crippen LogP) is 4.29. The Morgan fingerprint density at radius 2 is 1.55 bits per heavy atom. The summed E-state index contributed by atoms with van der Waals surface area (Å²) in [7, 11) is 0. The molecule has 3 aromatic rings. The van der Waals surface area contributed by atoms with Gasteiger partial charge in [0.1, 0.15) is 11.9 Å². The second-order valence-corrected chi connectivity index (χ2v) is 8.38. The smallest absolute Gasteiger partial charge is 0.253 e. The summed E-state index contributed by atoms with van der Waals surface area (Å²) in [4.78, 5) is 29.9. The maximum absolute atomic E-state index is 13.5. The lowest BCUT2D eigenvalue weighted by Gasteiger charge is -2.38. The number of carbonyl (C=O) groups excluding carboxylic acids is 2. The van der Waals surface area contributed by atoms with Crippen LogP contribution in [0.25, 0.3) is 0 Å². The Balaban J connectivity index is 1.44. The van der Waals surface area contributed by atoms with Crippen LogP contribution in [0, 0.1) is 5.82 Å². The van der Waals surface area contributed by atoms with Gasteiger partial charge in [0.05, 0.1) is 5.02 Å². The van der Waals surface area contributed by atoms with Crippen LogP contribution in [0.4, 0.5) is 4.39 Å². The molecule has 0 radical (unpaired) electrons. The summed E-state index contributed by atoms with van der Waals surface area (Å²) in [6.07, 6.45) is 0. The molecule has 1 aliphatic heterocycles. The van der Waals surface area contributed by atoms with E-state index >= 15 is 0 Å². The van der Waals surface area contributed by atoms with E-state index in [1.165, 1.54) is 18.2 Å². The lowest BCUT2D eigenvalue weighted by Crippen LogP contribution is -2.52. The highest BCUT2D eigenvalue weighted by molar-refractivity contribution is 6.31. The third-order valence-electron chi connectivity index (χ3n) is 5.81. The summed E-state index contributed by atoms with van der Waals surface area (Å²) >= 11 is 5.84. The second-order valence-electron chi connectivity index (χ2n) is 7.97. The first-order chi connectivity index (χ1) is 16.0. The molecule has 5 nitrogen and oxygen atoms in total. The first-order valence-corrected chi connectivity index (χ1v) is 11.3. The van der Waals surface area contributed by atoms with Gasteiger partial charge in [-0.25, -0.2) is 4.39 Å². The van der Waals surface area contributed by atoms with Gasteiger partial charge in [-0.1, -0.05) is 72.3 Å². The highest BCUT2D eigenvalue weighted by Gasteiger charge is 2.31. The van der Waals surface area contributed by atoms with E-state index < -0.39 is 11.9 Å². The molecule has 0 bridgehead atoms. The SMILES string of the molecule is O=C(NCc1ccccc1)C(c1ccccc1)N1CCN(C(=O)c2ccc(F)c(Cl)c2)CC1. The molecule has 0 saturated carbocycles. The normalized spacial score (nSPS) is 15.2. The number of benzene rings is 3. The van der Waals surface area contributed by atoms with Crippen molar-refractivity contribution in [3.05, 3.63) is 106 Å². The zero-order valence-electron chi connectivity index (χ0n) is 18.1. The fraction of sp³-hybridized carbons (Fsp3) is 0.231. The van der Waals surface area contributed by atoms with Crippen LogP contribution in [-0.2, 0) is 11.3 Å². The molecule has 1 aliphatic rings. The van der Waals surface area contributed by atoms with Crippen molar-refractivity contribution in [2.75, 3.05) is 26.2 Å². The van der Waals surface area contributed by atoms with E-state index in [2.05, 4.69) is 10.2 Å². The van der Waals surface area contributed by atoms with E-state index in [0.717, 1.165) is 11.1 Å². The second kappa shape index (κ2) is 10.6. The molecule has 170 valence electrons. The summed E-state index contributed by atoms with van der Waals surface area (Å²) in [5, 5.41) is 2.98. The highest BCUT2D eigenvalue weighted by atomic mass is 35.5. The maximum atomic E-state index is 13.5. The number of hydrogen-bond acceptors (Lipinski definition) is 3. The van der Waals surface area contributed by atoms with Gasteiger partial charge >= 0.3 is 0 Å². The van der Waals surface area contributed by atoms with Gasteiger partial charge in [-0.2, -0.15) is 0 Å². The Morgan fingerprint density at radius 1 is 0.909 bits per heavy atom. The van der Waals surface area contributed by atoms with Crippen molar-refractivity contribution in [2.45, 2.75) is 12.6 Å². The van der Waals surface area contributed by atoms with Crippen molar-refractivity contribution >= 4 is 23.4 Å². The summed E-state index contributed by atoms with van der Waals surface area (Å²) in [5.41, 5.74) is 2.30. The van der Waals surface area contributed by atoms with Crippen LogP contribution in [0.5, 0.6) is 0 Å². The molecule has 33 heavy (non-hydrogen) atoms. The number of amides is 2. The fourth-order valence-electron chi connectivity index (χ4n) is 4.04. The lowest BCUT2D eigenvalue weighted by atomic mass is 10.0. The first kappa shape index (κ1) is 23.0. The standard InChI is InChI=1S/C26H25ClFN3O2/c27-22-17-21(11-12-23(22)28)26(33)31-15-13-30(14-16-31)24(20-9-5-2-6-10-20)25(32)29-18-19-7-3-1-4-8-19/h1-12,17,24H,13-16,18H2,(H,29,32). The molecule has 2 amide bonds. The van der Waals surface area contributed by atoms with E-state index in [-0.39, 0.29) is 16.8 Å². The Labute approximate surface area is 197 Å². The molecule has 1 saturated heterocycles. The number of rotatable bonds is 6. The summed E-state index contributed by atoms with van der Waals surface area (Å²) in [6, 6.07) is 23.0. The van der Waals surface area contributed by atoms with Crippen LogP contribution < -0.4 is 5.32 Å². The molecule has 4 rings (SSSR count). The van der Waals surface area contributed by atoms with Gasteiger partial charge in [-0.3, -0.25) is 14.5 Å². The molecule has 1 unspecified atom stereocenters. The third-order valence-corrected chi connectivity index (χ3v) is 6.10. The van der Waals surface area contributed by atoms with Crippen LogP contribution in [0.1, 0.15) is 27.5 Å². The van der Waals surface area contributed by atoms with Crippen LogP contribution >= 0.6 is 11.6 Å². The minimum Gasteiger partial charge on any atom is -0.350 e. The van der Waals surface area contributed by atoms with Gasteiger partial charge in [0, 0.05) is 38.3 Å². The number of carbonyl (C=O) groups is 2. The zero-order valence-corrected chi connectivity index (χ0v) is 18.8. The molecule has 1 N–H and O–H groups in total.